The maximum Gasteiger partial charge on any atom is 0.349 e. The van der Waals surface area contributed by atoms with Crippen LogP contribution in [0.2, 0.25) is 0 Å². The molecule has 0 radical (unpaired) electrons. The molecule has 3 nitrogen and oxygen atoms in total. The fourth-order valence-electron chi connectivity index (χ4n) is 2.93. The largest absolute Gasteiger partial charge is 0.488 e. The van der Waals surface area contributed by atoms with Gasteiger partial charge in [-0.15, -0.1) is 0 Å². The van der Waals surface area contributed by atoms with Gasteiger partial charge < -0.3 is 10.1 Å². The Labute approximate surface area is 163 Å². The molecular formula is C22H26F3NO2. The summed E-state index contributed by atoms with van der Waals surface area (Å²) in [6, 6.07) is 8.43. The van der Waals surface area contributed by atoms with Crippen LogP contribution in [0.3, 0.4) is 0 Å². The molecule has 1 amide bonds. The molecule has 2 rings (SSSR count). The minimum Gasteiger partial charge on any atom is -0.488 e. The van der Waals surface area contributed by atoms with Crippen molar-refractivity contribution < 1.29 is 22.7 Å². The molecule has 0 bridgehead atoms. The van der Waals surface area contributed by atoms with E-state index >= 15 is 0 Å². The zero-order valence-electron chi connectivity index (χ0n) is 16.6. The van der Waals surface area contributed by atoms with Crippen molar-refractivity contribution in [1.29, 1.82) is 0 Å². The summed E-state index contributed by atoms with van der Waals surface area (Å²) in [7, 11) is 0. The Bertz CT molecular complexity index is 835. The van der Waals surface area contributed by atoms with E-state index in [4.69, 9.17) is 4.74 Å². The van der Waals surface area contributed by atoms with Crippen LogP contribution in [0, 0.1) is 5.82 Å². The van der Waals surface area contributed by atoms with E-state index in [0.29, 0.717) is 6.07 Å². The molecule has 152 valence electrons. The Hall–Kier alpha value is -2.50. The minimum atomic E-state index is -3.85. The molecular weight excluding hydrogens is 367 g/mol. The Morgan fingerprint density at radius 1 is 1.07 bits per heavy atom. The van der Waals surface area contributed by atoms with Gasteiger partial charge >= 0.3 is 5.92 Å². The molecule has 28 heavy (non-hydrogen) atoms. The smallest absolute Gasteiger partial charge is 0.349 e. The molecule has 0 saturated heterocycles. The summed E-state index contributed by atoms with van der Waals surface area (Å²) < 4.78 is 48.2. The maximum absolute atomic E-state index is 14.5. The number of aryl methyl sites for hydroxylation is 2. The third kappa shape index (κ3) is 5.06. The lowest BCUT2D eigenvalue weighted by molar-refractivity contribution is -0.147. The van der Waals surface area contributed by atoms with Crippen LogP contribution in [-0.4, -0.2) is 12.0 Å². The van der Waals surface area contributed by atoms with Gasteiger partial charge in [0.2, 0.25) is 0 Å². The number of halogens is 3. The lowest BCUT2D eigenvalue weighted by atomic mass is 10.00. The molecule has 0 atom stereocenters. The highest BCUT2D eigenvalue weighted by molar-refractivity contribution is 5.84. The van der Waals surface area contributed by atoms with Gasteiger partial charge in [-0.3, -0.25) is 4.79 Å². The van der Waals surface area contributed by atoms with Crippen LogP contribution in [0.1, 0.15) is 49.9 Å². The summed E-state index contributed by atoms with van der Waals surface area (Å²) in [5.74, 6) is -6.38. The third-order valence-corrected chi connectivity index (χ3v) is 4.43. The highest BCUT2D eigenvalue weighted by Gasteiger charge is 2.41. The number of rotatable bonds is 8. The number of alkyl halides is 2. The van der Waals surface area contributed by atoms with Crippen molar-refractivity contribution in [3.63, 3.8) is 0 Å². The fourth-order valence-corrected chi connectivity index (χ4v) is 2.93. The van der Waals surface area contributed by atoms with Crippen molar-refractivity contribution in [3.8, 4) is 5.75 Å². The molecule has 0 heterocycles. The summed E-state index contributed by atoms with van der Waals surface area (Å²) >= 11 is 0. The lowest BCUT2D eigenvalue weighted by Crippen LogP contribution is -2.37. The van der Waals surface area contributed by atoms with Crippen LogP contribution in [0.15, 0.2) is 36.4 Å². The van der Waals surface area contributed by atoms with Gasteiger partial charge in [-0.1, -0.05) is 32.0 Å². The summed E-state index contributed by atoms with van der Waals surface area (Å²) in [5.41, 5.74) is 2.35. The number of benzene rings is 2. The van der Waals surface area contributed by atoms with E-state index in [1.807, 2.05) is 32.0 Å². The van der Waals surface area contributed by atoms with Crippen LogP contribution in [-0.2, 0) is 30.1 Å². The molecule has 0 aliphatic carbocycles. The first-order chi connectivity index (χ1) is 13.2. The van der Waals surface area contributed by atoms with Crippen LogP contribution in [0.5, 0.6) is 5.75 Å². The quantitative estimate of drug-likeness (QED) is 0.674. The number of carbonyl (C=O) groups excluding carboxylic acids is 1. The van der Waals surface area contributed by atoms with E-state index in [1.54, 1.807) is 13.8 Å². The van der Waals surface area contributed by atoms with Gasteiger partial charge in [0.1, 0.15) is 0 Å². The van der Waals surface area contributed by atoms with Crippen molar-refractivity contribution >= 4 is 5.91 Å². The number of nitrogens with one attached hydrogen (secondary N) is 1. The average molecular weight is 393 g/mol. The summed E-state index contributed by atoms with van der Waals surface area (Å²) in [4.78, 5) is 12.1. The molecule has 2 aromatic carbocycles. The van der Waals surface area contributed by atoms with Crippen LogP contribution in [0.4, 0.5) is 13.2 Å². The Morgan fingerprint density at radius 3 is 2.32 bits per heavy atom. The predicted octanol–water partition coefficient (Wildman–Crippen LogP) is 5.15. The lowest BCUT2D eigenvalue weighted by Gasteiger charge is -2.18. The second-order valence-corrected chi connectivity index (χ2v) is 6.88. The first-order valence-electron chi connectivity index (χ1n) is 9.42. The molecule has 0 unspecified atom stereocenters. The van der Waals surface area contributed by atoms with Crippen LogP contribution in [0.25, 0.3) is 0 Å². The molecule has 0 saturated carbocycles. The highest BCUT2D eigenvalue weighted by atomic mass is 19.3. The third-order valence-electron chi connectivity index (χ3n) is 4.43. The molecule has 2 aromatic rings. The molecule has 0 aliphatic rings. The van der Waals surface area contributed by atoms with Crippen molar-refractivity contribution in [2.24, 2.45) is 0 Å². The maximum atomic E-state index is 14.5. The molecule has 6 heteroatoms. The van der Waals surface area contributed by atoms with Gasteiger partial charge in [0.15, 0.2) is 11.6 Å². The standard InChI is InChI=1S/C22H26F3NO2/c1-5-16-8-7-15(11-17(16)6-2)13-26-21(27)22(24,25)18-9-10-20(19(23)12-18)28-14(3)4/h7-12,14H,5-6,13H2,1-4H3,(H,26,27). The Morgan fingerprint density at radius 2 is 1.75 bits per heavy atom. The fraction of sp³-hybridized carbons (Fsp3) is 0.409. The topological polar surface area (TPSA) is 38.3 Å². The van der Waals surface area contributed by atoms with E-state index in [0.717, 1.165) is 36.1 Å². The van der Waals surface area contributed by atoms with Gasteiger partial charge in [0, 0.05) is 12.1 Å². The van der Waals surface area contributed by atoms with Crippen molar-refractivity contribution in [3.05, 3.63) is 64.5 Å². The molecule has 0 spiro atoms. The normalized spacial score (nSPS) is 11.6. The van der Waals surface area contributed by atoms with Gasteiger partial charge in [0.05, 0.1) is 6.10 Å². The Balaban J connectivity index is 2.11. The van der Waals surface area contributed by atoms with Crippen molar-refractivity contribution in [1.82, 2.24) is 5.32 Å². The second kappa shape index (κ2) is 9.13. The molecule has 0 aliphatic heterocycles. The van der Waals surface area contributed by atoms with E-state index < -0.39 is 23.2 Å². The van der Waals surface area contributed by atoms with E-state index in [1.165, 1.54) is 5.56 Å². The van der Waals surface area contributed by atoms with Gasteiger partial charge in [0.25, 0.3) is 5.91 Å². The number of ether oxygens (including phenoxy) is 1. The van der Waals surface area contributed by atoms with Crippen molar-refractivity contribution in [2.75, 3.05) is 0 Å². The van der Waals surface area contributed by atoms with Gasteiger partial charge in [-0.05, 0) is 61.6 Å². The molecule has 1 N–H and O–H groups in total. The summed E-state index contributed by atoms with van der Waals surface area (Å²) in [6.07, 6.45) is 1.41. The predicted molar refractivity (Wildman–Crippen MR) is 103 cm³/mol. The highest BCUT2D eigenvalue weighted by Crippen LogP contribution is 2.31. The monoisotopic (exact) mass is 393 g/mol. The molecule has 0 aromatic heterocycles. The first-order valence-corrected chi connectivity index (χ1v) is 9.42. The number of hydrogen-bond acceptors (Lipinski definition) is 2. The van der Waals surface area contributed by atoms with Gasteiger partial charge in [-0.25, -0.2) is 4.39 Å². The SMILES string of the molecule is CCc1ccc(CNC(=O)C(F)(F)c2ccc(OC(C)C)c(F)c2)cc1CC. The van der Waals surface area contributed by atoms with Crippen molar-refractivity contribution in [2.45, 2.75) is 59.1 Å². The first kappa shape index (κ1) is 21.8. The number of carbonyl (C=O) groups is 1. The number of hydrogen-bond donors (Lipinski definition) is 1. The summed E-state index contributed by atoms with van der Waals surface area (Å²) in [6.45, 7) is 7.45. The van der Waals surface area contributed by atoms with E-state index in [9.17, 15) is 18.0 Å². The Kier molecular flexibility index (Phi) is 7.11. The van der Waals surface area contributed by atoms with Crippen LogP contribution < -0.4 is 10.1 Å². The van der Waals surface area contributed by atoms with Gasteiger partial charge in [-0.2, -0.15) is 8.78 Å². The van der Waals surface area contributed by atoms with E-state index in [-0.39, 0.29) is 18.4 Å². The zero-order valence-corrected chi connectivity index (χ0v) is 16.6. The average Bonchev–Trinajstić information content (AvgIpc) is 2.66. The van der Waals surface area contributed by atoms with Crippen LogP contribution >= 0.6 is 0 Å². The number of amides is 1. The minimum absolute atomic E-state index is 0.0254. The van der Waals surface area contributed by atoms with E-state index in [2.05, 4.69) is 5.32 Å². The summed E-state index contributed by atoms with van der Waals surface area (Å²) in [5, 5.41) is 2.25. The molecule has 0 fully saturated rings. The second-order valence-electron chi connectivity index (χ2n) is 6.88. The zero-order chi connectivity index (χ0) is 20.9.